The number of esters is 1. The van der Waals surface area contributed by atoms with Crippen LogP contribution in [-0.2, 0) is 22.1 Å². The smallest absolute Gasteiger partial charge is 0.416 e. The third-order valence-electron chi connectivity index (χ3n) is 4.50. The van der Waals surface area contributed by atoms with Gasteiger partial charge in [-0.2, -0.15) is 13.2 Å². The molecule has 1 aliphatic heterocycles. The van der Waals surface area contributed by atoms with E-state index in [1.165, 1.54) is 12.1 Å². The Labute approximate surface area is 155 Å². The van der Waals surface area contributed by atoms with Gasteiger partial charge in [0.1, 0.15) is 0 Å². The molecule has 1 unspecified atom stereocenters. The molecule has 0 saturated heterocycles. The Morgan fingerprint density at radius 2 is 1.89 bits per heavy atom. The number of para-hydroxylation sites is 1. The van der Waals surface area contributed by atoms with Crippen molar-refractivity contribution in [3.63, 3.8) is 0 Å². The van der Waals surface area contributed by atoms with Crippen molar-refractivity contribution >= 4 is 17.3 Å². The first-order valence-electron chi connectivity index (χ1n) is 8.80. The maximum Gasteiger partial charge on any atom is 0.416 e. The second kappa shape index (κ2) is 8.00. The van der Waals surface area contributed by atoms with Gasteiger partial charge in [0, 0.05) is 24.0 Å². The molecule has 1 atom stereocenters. The lowest BCUT2D eigenvalue weighted by atomic mass is 9.97. The highest BCUT2D eigenvalue weighted by Crippen LogP contribution is 2.35. The number of halogens is 3. The van der Waals surface area contributed by atoms with E-state index in [9.17, 15) is 18.0 Å². The Bertz CT molecular complexity index is 791. The minimum Gasteiger partial charge on any atom is -0.465 e. The zero-order valence-electron chi connectivity index (χ0n) is 14.9. The van der Waals surface area contributed by atoms with Gasteiger partial charge in [0.2, 0.25) is 0 Å². The summed E-state index contributed by atoms with van der Waals surface area (Å²) < 4.78 is 43.4. The van der Waals surface area contributed by atoms with Crippen molar-refractivity contribution in [1.29, 1.82) is 0 Å². The highest BCUT2D eigenvalue weighted by Gasteiger charge is 2.31. The summed E-state index contributed by atoms with van der Waals surface area (Å²) in [6.07, 6.45) is -3.63. The first-order valence-corrected chi connectivity index (χ1v) is 8.80. The number of nitrogens with zero attached hydrogens (tertiary/aromatic N) is 1. The molecule has 4 nitrogen and oxygen atoms in total. The van der Waals surface area contributed by atoms with E-state index >= 15 is 0 Å². The van der Waals surface area contributed by atoms with E-state index in [1.54, 1.807) is 6.92 Å². The molecule has 144 valence electrons. The Hall–Kier alpha value is -2.54. The summed E-state index contributed by atoms with van der Waals surface area (Å²) in [6, 6.07) is 12.9. The van der Waals surface area contributed by atoms with E-state index in [-0.39, 0.29) is 18.6 Å². The van der Waals surface area contributed by atoms with Crippen molar-refractivity contribution in [2.75, 3.05) is 24.6 Å². The molecular weight excluding hydrogens is 357 g/mol. The van der Waals surface area contributed by atoms with Gasteiger partial charge in [0.05, 0.1) is 18.7 Å². The largest absolute Gasteiger partial charge is 0.465 e. The Morgan fingerprint density at radius 3 is 2.56 bits per heavy atom. The predicted molar refractivity (Wildman–Crippen MR) is 97.0 cm³/mol. The van der Waals surface area contributed by atoms with E-state index < -0.39 is 11.7 Å². The fourth-order valence-corrected chi connectivity index (χ4v) is 3.25. The van der Waals surface area contributed by atoms with Crippen molar-refractivity contribution in [2.24, 2.45) is 0 Å². The first kappa shape index (κ1) is 19.2. The summed E-state index contributed by atoms with van der Waals surface area (Å²) in [5.74, 6) is -0.322. The molecule has 0 aliphatic carbocycles. The van der Waals surface area contributed by atoms with Gasteiger partial charge < -0.3 is 15.0 Å². The normalized spacial score (nSPS) is 16.7. The second-order valence-corrected chi connectivity index (χ2v) is 6.37. The van der Waals surface area contributed by atoms with Crippen molar-refractivity contribution < 1.29 is 22.7 Å². The third kappa shape index (κ3) is 4.60. The Morgan fingerprint density at radius 1 is 1.19 bits per heavy atom. The number of alkyl halides is 3. The lowest BCUT2D eigenvalue weighted by Gasteiger charge is -2.36. The van der Waals surface area contributed by atoms with Gasteiger partial charge in [-0.1, -0.05) is 18.2 Å². The van der Waals surface area contributed by atoms with Crippen LogP contribution in [0.4, 0.5) is 24.5 Å². The summed E-state index contributed by atoms with van der Waals surface area (Å²) in [5, 5.41) is 3.19. The molecule has 0 bridgehead atoms. The monoisotopic (exact) mass is 378 g/mol. The fraction of sp³-hybridized carbons (Fsp3) is 0.350. The number of rotatable bonds is 5. The Balaban J connectivity index is 1.81. The lowest BCUT2D eigenvalue weighted by molar-refractivity contribution is -0.142. The average Bonchev–Trinajstić information content (AvgIpc) is 2.65. The molecule has 3 rings (SSSR count). The lowest BCUT2D eigenvalue weighted by Crippen LogP contribution is -2.46. The SMILES string of the molecule is CCOC(=O)CNC1Cc2ccccc2N(c2ccc(C(F)(F)F)cc2)C1. The number of fused-ring (bicyclic) bond motifs is 1. The number of ether oxygens (including phenoxy) is 1. The van der Waals surface area contributed by atoms with E-state index in [0.29, 0.717) is 18.8 Å². The van der Waals surface area contributed by atoms with Crippen LogP contribution in [0.2, 0.25) is 0 Å². The molecule has 2 aromatic rings. The average molecular weight is 378 g/mol. The van der Waals surface area contributed by atoms with Gasteiger partial charge in [0.15, 0.2) is 0 Å². The molecule has 0 fully saturated rings. The minimum absolute atomic E-state index is 0.0217. The van der Waals surface area contributed by atoms with Crippen molar-refractivity contribution in [3.8, 4) is 0 Å². The summed E-state index contributed by atoms with van der Waals surface area (Å²) in [6.45, 7) is 2.72. The van der Waals surface area contributed by atoms with Crippen LogP contribution < -0.4 is 10.2 Å². The number of hydrogen-bond acceptors (Lipinski definition) is 4. The highest BCUT2D eigenvalue weighted by atomic mass is 19.4. The van der Waals surface area contributed by atoms with Gasteiger partial charge in [-0.05, 0) is 49.2 Å². The van der Waals surface area contributed by atoms with Crippen molar-refractivity contribution in [3.05, 3.63) is 59.7 Å². The summed E-state index contributed by atoms with van der Waals surface area (Å²) in [4.78, 5) is 13.6. The number of anilines is 2. The molecule has 27 heavy (non-hydrogen) atoms. The minimum atomic E-state index is -4.36. The molecular formula is C20H21F3N2O2. The maximum atomic E-state index is 12.8. The van der Waals surface area contributed by atoms with E-state index in [2.05, 4.69) is 5.32 Å². The van der Waals surface area contributed by atoms with Crippen LogP contribution >= 0.6 is 0 Å². The quantitative estimate of drug-likeness (QED) is 0.801. The molecule has 1 heterocycles. The summed E-state index contributed by atoms with van der Waals surface area (Å²) in [5.41, 5.74) is 2.04. The molecule has 0 saturated carbocycles. The van der Waals surface area contributed by atoms with E-state index in [4.69, 9.17) is 4.74 Å². The van der Waals surface area contributed by atoms with Crippen LogP contribution in [0.3, 0.4) is 0 Å². The highest BCUT2D eigenvalue weighted by molar-refractivity contribution is 5.72. The molecule has 0 amide bonds. The number of benzene rings is 2. The van der Waals surface area contributed by atoms with Gasteiger partial charge >= 0.3 is 12.1 Å². The number of hydrogen-bond donors (Lipinski definition) is 1. The molecule has 0 spiro atoms. The number of carbonyl (C=O) groups excluding carboxylic acids is 1. The van der Waals surface area contributed by atoms with Gasteiger partial charge in [-0.15, -0.1) is 0 Å². The van der Waals surface area contributed by atoms with E-state index in [0.717, 1.165) is 29.8 Å². The van der Waals surface area contributed by atoms with Crippen LogP contribution in [0, 0.1) is 0 Å². The first-order chi connectivity index (χ1) is 12.9. The van der Waals surface area contributed by atoms with Crippen LogP contribution in [0.1, 0.15) is 18.1 Å². The molecule has 0 radical (unpaired) electrons. The summed E-state index contributed by atoms with van der Waals surface area (Å²) >= 11 is 0. The molecule has 1 N–H and O–H groups in total. The van der Waals surface area contributed by atoms with Gasteiger partial charge in [-0.3, -0.25) is 4.79 Å². The van der Waals surface area contributed by atoms with Crippen LogP contribution in [0.5, 0.6) is 0 Å². The zero-order chi connectivity index (χ0) is 19.4. The number of nitrogens with one attached hydrogen (secondary N) is 1. The van der Waals surface area contributed by atoms with Crippen LogP contribution in [0.25, 0.3) is 0 Å². The Kier molecular flexibility index (Phi) is 5.70. The van der Waals surface area contributed by atoms with Crippen molar-refractivity contribution in [1.82, 2.24) is 5.32 Å². The van der Waals surface area contributed by atoms with Crippen molar-refractivity contribution in [2.45, 2.75) is 25.6 Å². The van der Waals surface area contributed by atoms with E-state index in [1.807, 2.05) is 29.2 Å². The van der Waals surface area contributed by atoms with Crippen LogP contribution in [-0.4, -0.2) is 31.7 Å². The van der Waals surface area contributed by atoms with Gasteiger partial charge in [0.25, 0.3) is 0 Å². The summed E-state index contributed by atoms with van der Waals surface area (Å²) in [7, 11) is 0. The zero-order valence-corrected chi connectivity index (χ0v) is 14.9. The van der Waals surface area contributed by atoms with Gasteiger partial charge in [-0.25, -0.2) is 0 Å². The topological polar surface area (TPSA) is 41.6 Å². The molecule has 0 aromatic heterocycles. The molecule has 2 aromatic carbocycles. The van der Waals surface area contributed by atoms with Crippen LogP contribution in [0.15, 0.2) is 48.5 Å². The maximum absolute atomic E-state index is 12.8. The third-order valence-corrected chi connectivity index (χ3v) is 4.50. The molecule has 1 aliphatic rings. The predicted octanol–water partition coefficient (Wildman–Crippen LogP) is 3.92. The second-order valence-electron chi connectivity index (χ2n) is 6.37. The fourth-order valence-electron chi connectivity index (χ4n) is 3.25. The standard InChI is InChI=1S/C20H21F3N2O2/c1-2-27-19(26)12-24-16-11-14-5-3-4-6-18(14)25(13-16)17-9-7-15(8-10-17)20(21,22)23/h3-10,16,24H,2,11-13H2,1H3. The number of carbonyl (C=O) groups is 1. The molecule has 7 heteroatoms.